The van der Waals surface area contributed by atoms with Crippen molar-refractivity contribution in [1.29, 1.82) is 0 Å². The number of carbonyl (C=O) groups is 1. The zero-order valence-corrected chi connectivity index (χ0v) is 14.3. The fraction of sp³-hybridized carbons (Fsp3) is 0.111. The standard InChI is InChI=1S/C18H13ClF3N3O/c1-10-8-12-2-5-13(19)9-15(12)16(11-3-6-14(23)7-4-11)24-25(10)17(26)18(20,21)22/h2-9H,23H2,1H3. The maximum absolute atomic E-state index is 13.0. The molecule has 3 rings (SSSR count). The van der Waals surface area contributed by atoms with Crippen molar-refractivity contribution >= 4 is 35.0 Å². The molecule has 2 aromatic rings. The third-order valence-electron chi connectivity index (χ3n) is 3.79. The summed E-state index contributed by atoms with van der Waals surface area (Å²) in [5.74, 6) is -2.07. The van der Waals surface area contributed by atoms with E-state index < -0.39 is 12.1 Å². The molecule has 8 heteroatoms. The highest BCUT2D eigenvalue weighted by Gasteiger charge is 2.44. The number of anilines is 1. The van der Waals surface area contributed by atoms with Gasteiger partial charge in [0.25, 0.3) is 0 Å². The van der Waals surface area contributed by atoms with Crippen LogP contribution in [0.15, 0.2) is 53.3 Å². The number of rotatable bonds is 1. The first-order valence-corrected chi connectivity index (χ1v) is 7.88. The molecule has 1 aliphatic heterocycles. The van der Waals surface area contributed by atoms with E-state index >= 15 is 0 Å². The lowest BCUT2D eigenvalue weighted by Gasteiger charge is -2.19. The Bertz CT molecular complexity index is 934. The molecule has 0 saturated heterocycles. The van der Waals surface area contributed by atoms with Gasteiger partial charge in [0, 0.05) is 27.5 Å². The van der Waals surface area contributed by atoms with Crippen LogP contribution >= 0.6 is 11.6 Å². The van der Waals surface area contributed by atoms with Crippen molar-refractivity contribution in [2.45, 2.75) is 13.1 Å². The first kappa shape index (κ1) is 18.0. The van der Waals surface area contributed by atoms with E-state index in [1.807, 2.05) is 0 Å². The predicted molar refractivity (Wildman–Crippen MR) is 94.5 cm³/mol. The van der Waals surface area contributed by atoms with E-state index in [0.29, 0.717) is 32.4 Å². The van der Waals surface area contributed by atoms with Crippen LogP contribution in [-0.2, 0) is 4.79 Å². The minimum absolute atomic E-state index is 0.0429. The molecular weight excluding hydrogens is 367 g/mol. The van der Waals surface area contributed by atoms with E-state index in [1.54, 1.807) is 42.5 Å². The van der Waals surface area contributed by atoms with Crippen LogP contribution in [0, 0.1) is 0 Å². The van der Waals surface area contributed by atoms with Crippen molar-refractivity contribution in [3.63, 3.8) is 0 Å². The van der Waals surface area contributed by atoms with E-state index in [-0.39, 0.29) is 11.4 Å². The van der Waals surface area contributed by atoms with Gasteiger partial charge >= 0.3 is 12.1 Å². The molecule has 26 heavy (non-hydrogen) atoms. The Labute approximate surface area is 152 Å². The molecule has 1 amide bonds. The average molecular weight is 380 g/mol. The molecule has 1 heterocycles. The van der Waals surface area contributed by atoms with Gasteiger partial charge in [-0.25, -0.2) is 0 Å². The predicted octanol–water partition coefficient (Wildman–Crippen LogP) is 4.44. The number of nitrogen functional groups attached to an aromatic ring is 1. The molecule has 0 bridgehead atoms. The molecule has 0 saturated carbocycles. The quantitative estimate of drug-likeness (QED) is 0.745. The fourth-order valence-electron chi connectivity index (χ4n) is 2.56. The van der Waals surface area contributed by atoms with Gasteiger partial charge in [-0.05, 0) is 42.8 Å². The Hall–Kier alpha value is -2.80. The highest BCUT2D eigenvalue weighted by molar-refractivity contribution is 6.31. The summed E-state index contributed by atoms with van der Waals surface area (Å²) in [7, 11) is 0. The molecule has 0 radical (unpaired) electrons. The number of hydrazone groups is 1. The van der Waals surface area contributed by atoms with Crippen LogP contribution in [0.4, 0.5) is 18.9 Å². The number of fused-ring (bicyclic) bond motifs is 1. The highest BCUT2D eigenvalue weighted by Crippen LogP contribution is 2.30. The van der Waals surface area contributed by atoms with Crippen LogP contribution in [-0.4, -0.2) is 22.8 Å². The second kappa shape index (κ2) is 6.49. The Balaban J connectivity index is 2.25. The molecular formula is C18H13ClF3N3O. The molecule has 0 unspecified atom stereocenters. The van der Waals surface area contributed by atoms with Crippen molar-refractivity contribution in [3.05, 3.63) is 69.9 Å². The van der Waals surface area contributed by atoms with E-state index in [1.165, 1.54) is 13.0 Å². The topological polar surface area (TPSA) is 58.7 Å². The normalized spacial score (nSPS) is 14.3. The van der Waals surface area contributed by atoms with Crippen LogP contribution in [0.25, 0.3) is 6.08 Å². The lowest BCUT2D eigenvalue weighted by Crippen LogP contribution is -2.37. The minimum Gasteiger partial charge on any atom is -0.399 e. The molecule has 0 aromatic heterocycles. The third kappa shape index (κ3) is 3.43. The van der Waals surface area contributed by atoms with Gasteiger partial charge in [0.05, 0.1) is 5.71 Å². The lowest BCUT2D eigenvalue weighted by molar-refractivity contribution is -0.183. The summed E-state index contributed by atoms with van der Waals surface area (Å²) in [4.78, 5) is 11.8. The molecule has 4 nitrogen and oxygen atoms in total. The highest BCUT2D eigenvalue weighted by atomic mass is 35.5. The van der Waals surface area contributed by atoms with E-state index in [9.17, 15) is 18.0 Å². The first-order valence-electron chi connectivity index (χ1n) is 7.51. The number of alkyl halides is 3. The zero-order valence-electron chi connectivity index (χ0n) is 13.5. The first-order chi connectivity index (χ1) is 12.2. The fourth-order valence-corrected chi connectivity index (χ4v) is 2.73. The van der Waals surface area contributed by atoms with Gasteiger partial charge in [0.2, 0.25) is 0 Å². The number of halogens is 4. The van der Waals surface area contributed by atoms with Gasteiger partial charge in [-0.1, -0.05) is 29.8 Å². The molecule has 0 fully saturated rings. The van der Waals surface area contributed by atoms with Gasteiger partial charge in [-0.2, -0.15) is 23.3 Å². The maximum atomic E-state index is 13.0. The van der Waals surface area contributed by atoms with Crippen molar-refractivity contribution in [2.24, 2.45) is 5.10 Å². The zero-order chi connectivity index (χ0) is 19.1. The van der Waals surface area contributed by atoms with Crippen LogP contribution < -0.4 is 5.73 Å². The SMILES string of the molecule is CC1=Cc2ccc(Cl)cc2C(c2ccc(N)cc2)=NN1C(=O)C(F)(F)F. The van der Waals surface area contributed by atoms with Gasteiger partial charge in [0.15, 0.2) is 0 Å². The minimum atomic E-state index is -5.06. The van der Waals surface area contributed by atoms with E-state index in [2.05, 4.69) is 5.10 Å². The van der Waals surface area contributed by atoms with Crippen molar-refractivity contribution in [2.75, 3.05) is 5.73 Å². The molecule has 0 aliphatic carbocycles. The number of nitrogens with zero attached hydrogens (tertiary/aromatic N) is 2. The summed E-state index contributed by atoms with van der Waals surface area (Å²) in [5.41, 5.74) is 8.02. The summed E-state index contributed by atoms with van der Waals surface area (Å²) >= 11 is 6.06. The maximum Gasteiger partial charge on any atom is 0.473 e. The van der Waals surface area contributed by atoms with Gasteiger partial charge in [-0.3, -0.25) is 4.79 Å². The van der Waals surface area contributed by atoms with Crippen molar-refractivity contribution < 1.29 is 18.0 Å². The number of nitrogens with two attached hydrogens (primary N) is 1. The number of hydrogen-bond donors (Lipinski definition) is 1. The molecule has 1 aliphatic rings. The molecule has 2 N–H and O–H groups in total. The Morgan fingerprint density at radius 1 is 1.15 bits per heavy atom. The van der Waals surface area contributed by atoms with Crippen LogP contribution in [0.1, 0.15) is 23.6 Å². The van der Waals surface area contributed by atoms with Crippen LogP contribution in [0.3, 0.4) is 0 Å². The third-order valence-corrected chi connectivity index (χ3v) is 4.02. The van der Waals surface area contributed by atoms with Crippen molar-refractivity contribution in [3.8, 4) is 0 Å². The second-order valence-electron chi connectivity index (χ2n) is 5.70. The molecule has 134 valence electrons. The summed E-state index contributed by atoms with van der Waals surface area (Å²) in [6.07, 6.45) is -3.60. The lowest BCUT2D eigenvalue weighted by atomic mass is 9.97. The number of carbonyl (C=O) groups excluding carboxylic acids is 1. The second-order valence-corrected chi connectivity index (χ2v) is 6.14. The Morgan fingerprint density at radius 2 is 1.81 bits per heavy atom. The monoisotopic (exact) mass is 379 g/mol. The van der Waals surface area contributed by atoms with Crippen LogP contribution in [0.2, 0.25) is 5.02 Å². The summed E-state index contributed by atoms with van der Waals surface area (Å²) < 4.78 is 39.0. The van der Waals surface area contributed by atoms with Gasteiger partial charge in [0.1, 0.15) is 0 Å². The van der Waals surface area contributed by atoms with E-state index in [0.717, 1.165) is 0 Å². The summed E-state index contributed by atoms with van der Waals surface area (Å²) in [6.45, 7) is 1.39. The summed E-state index contributed by atoms with van der Waals surface area (Å²) in [6, 6.07) is 11.3. The summed E-state index contributed by atoms with van der Waals surface area (Å²) in [5, 5.41) is 4.78. The Morgan fingerprint density at radius 3 is 2.42 bits per heavy atom. The van der Waals surface area contributed by atoms with Crippen LogP contribution in [0.5, 0.6) is 0 Å². The Kier molecular flexibility index (Phi) is 4.50. The largest absolute Gasteiger partial charge is 0.473 e. The molecule has 0 spiro atoms. The van der Waals surface area contributed by atoms with Gasteiger partial charge in [-0.15, -0.1) is 0 Å². The smallest absolute Gasteiger partial charge is 0.399 e. The van der Waals surface area contributed by atoms with E-state index in [4.69, 9.17) is 17.3 Å². The number of amides is 1. The number of hydrogen-bond acceptors (Lipinski definition) is 3. The molecule has 0 atom stereocenters. The molecule has 2 aromatic carbocycles. The number of benzene rings is 2. The van der Waals surface area contributed by atoms with Crippen molar-refractivity contribution in [1.82, 2.24) is 5.01 Å². The number of allylic oxidation sites excluding steroid dienone is 1. The average Bonchev–Trinajstić information content (AvgIpc) is 2.70. The van der Waals surface area contributed by atoms with Gasteiger partial charge < -0.3 is 5.73 Å².